The van der Waals surface area contributed by atoms with Crippen LogP contribution in [0.1, 0.15) is 96.5 Å². The number of thiophene rings is 1. The molecule has 2 fully saturated rings. The summed E-state index contributed by atoms with van der Waals surface area (Å²) < 4.78 is 6.60. The van der Waals surface area contributed by atoms with Crippen molar-refractivity contribution in [2.24, 2.45) is 0 Å². The molecule has 3 aromatic rings. The molecule has 5 rings (SSSR count). The Balaban J connectivity index is 1.37. The molecule has 0 unspecified atom stereocenters. The highest BCUT2D eigenvalue weighted by molar-refractivity contribution is 7.19. The van der Waals surface area contributed by atoms with E-state index >= 15 is 0 Å². The summed E-state index contributed by atoms with van der Waals surface area (Å²) in [6, 6.07) is 14.0. The number of fused-ring (bicyclic) bond motifs is 1. The van der Waals surface area contributed by atoms with Gasteiger partial charge in [0, 0.05) is 45.6 Å². The lowest BCUT2D eigenvalue weighted by molar-refractivity contribution is -0.132. The monoisotopic (exact) mass is 503 g/mol. The topological polar surface area (TPSA) is 46.6 Å². The number of carbonyl (C=O) groups is 2. The van der Waals surface area contributed by atoms with Crippen molar-refractivity contribution in [3.63, 3.8) is 0 Å². The quantitative estimate of drug-likeness (QED) is 0.247. The zero-order valence-corrected chi connectivity index (χ0v) is 22.2. The molecule has 0 radical (unpaired) electrons. The van der Waals surface area contributed by atoms with Gasteiger partial charge in [0.25, 0.3) is 0 Å². The Morgan fingerprint density at radius 1 is 0.917 bits per heavy atom. The van der Waals surface area contributed by atoms with Crippen molar-refractivity contribution in [3.05, 3.63) is 64.0 Å². The number of hydrogen-bond donors (Lipinski definition) is 0. The maximum atomic E-state index is 13.9. The van der Waals surface area contributed by atoms with Gasteiger partial charge in [-0.3, -0.25) is 9.59 Å². The van der Waals surface area contributed by atoms with Crippen LogP contribution >= 0.6 is 11.3 Å². The molecular weight excluding hydrogens is 466 g/mol. The van der Waals surface area contributed by atoms with Crippen LogP contribution in [0.3, 0.4) is 0 Å². The minimum atomic E-state index is 0.113. The Hall–Kier alpha value is -2.66. The van der Waals surface area contributed by atoms with Crippen LogP contribution in [0.5, 0.6) is 5.75 Å². The Bertz CT molecular complexity index is 1200. The van der Waals surface area contributed by atoms with Gasteiger partial charge >= 0.3 is 0 Å². The van der Waals surface area contributed by atoms with Crippen LogP contribution in [-0.2, 0) is 11.2 Å². The van der Waals surface area contributed by atoms with Crippen LogP contribution in [0.15, 0.2) is 42.5 Å². The van der Waals surface area contributed by atoms with Gasteiger partial charge in [-0.2, -0.15) is 0 Å². The molecule has 0 atom stereocenters. The second kappa shape index (κ2) is 11.6. The van der Waals surface area contributed by atoms with Crippen molar-refractivity contribution in [1.82, 2.24) is 4.90 Å². The molecule has 0 bridgehead atoms. The molecule has 0 spiro atoms. The van der Waals surface area contributed by atoms with E-state index in [4.69, 9.17) is 4.74 Å². The van der Waals surface area contributed by atoms with Gasteiger partial charge in [0.1, 0.15) is 5.75 Å². The summed E-state index contributed by atoms with van der Waals surface area (Å²) in [6.45, 7) is 1.80. The van der Waals surface area contributed by atoms with Crippen LogP contribution in [0.2, 0.25) is 0 Å². The van der Waals surface area contributed by atoms with Crippen molar-refractivity contribution in [1.29, 1.82) is 0 Å². The van der Waals surface area contributed by atoms with E-state index in [1.807, 2.05) is 35.2 Å². The molecule has 2 heterocycles. The number of aryl methyl sites for hydroxylation is 1. The number of carbonyl (C=O) groups excluding carboxylic acids is 2. The summed E-state index contributed by atoms with van der Waals surface area (Å²) >= 11 is 1.78. The SMILES string of the molecule is COc1ccc2c(C(=O)c3ccc(CCC(=O)N4CCCCC4)cc3)c(C3CCCCCC3)sc2c1. The third-order valence-corrected chi connectivity index (χ3v) is 9.24. The number of piperidine rings is 1. The van der Waals surface area contributed by atoms with Crippen LogP contribution in [-0.4, -0.2) is 36.8 Å². The second-order valence-corrected chi connectivity index (χ2v) is 11.4. The molecule has 36 heavy (non-hydrogen) atoms. The van der Waals surface area contributed by atoms with Crippen molar-refractivity contribution >= 4 is 33.1 Å². The van der Waals surface area contributed by atoms with E-state index in [2.05, 4.69) is 12.1 Å². The molecule has 1 saturated heterocycles. The number of likely N-dealkylation sites (tertiary alicyclic amines) is 1. The van der Waals surface area contributed by atoms with Crippen molar-refractivity contribution < 1.29 is 14.3 Å². The van der Waals surface area contributed by atoms with E-state index in [0.29, 0.717) is 12.3 Å². The largest absolute Gasteiger partial charge is 0.497 e. The summed E-state index contributed by atoms with van der Waals surface area (Å²) in [5, 5.41) is 1.04. The lowest BCUT2D eigenvalue weighted by Crippen LogP contribution is -2.35. The second-order valence-electron chi connectivity index (χ2n) is 10.4. The highest BCUT2D eigenvalue weighted by atomic mass is 32.1. The van der Waals surface area contributed by atoms with E-state index in [0.717, 1.165) is 77.7 Å². The maximum absolute atomic E-state index is 13.9. The van der Waals surface area contributed by atoms with Gasteiger partial charge < -0.3 is 9.64 Å². The zero-order valence-electron chi connectivity index (χ0n) is 21.4. The number of hydrogen-bond acceptors (Lipinski definition) is 4. The predicted octanol–water partition coefficient (Wildman–Crippen LogP) is 7.52. The van der Waals surface area contributed by atoms with Gasteiger partial charge in [0.15, 0.2) is 5.78 Å². The molecule has 1 aromatic heterocycles. The van der Waals surface area contributed by atoms with E-state index in [-0.39, 0.29) is 11.7 Å². The third-order valence-electron chi connectivity index (χ3n) is 7.93. The minimum Gasteiger partial charge on any atom is -0.497 e. The first-order chi connectivity index (χ1) is 17.6. The molecule has 1 aliphatic heterocycles. The van der Waals surface area contributed by atoms with E-state index in [1.165, 1.54) is 37.0 Å². The van der Waals surface area contributed by atoms with Gasteiger partial charge in [-0.05, 0) is 68.2 Å². The molecule has 4 nitrogen and oxygen atoms in total. The van der Waals surface area contributed by atoms with Crippen LogP contribution < -0.4 is 4.74 Å². The zero-order chi connectivity index (χ0) is 24.9. The van der Waals surface area contributed by atoms with E-state index < -0.39 is 0 Å². The highest BCUT2D eigenvalue weighted by Crippen LogP contribution is 2.43. The Kier molecular flexibility index (Phi) is 8.05. The standard InChI is InChI=1S/C31H37NO3S/c1-35-25-16-17-26-27(21-25)36-31(24-9-5-2-3-6-10-24)29(26)30(34)23-14-11-22(12-15-23)13-18-28(33)32-19-7-4-8-20-32/h11-12,14-17,21,24H,2-10,13,18-20H2,1H3. The molecule has 0 N–H and O–H groups in total. The van der Waals surface area contributed by atoms with E-state index in [1.54, 1.807) is 18.4 Å². The molecule has 5 heteroatoms. The highest BCUT2D eigenvalue weighted by Gasteiger charge is 2.26. The average Bonchev–Trinajstić information content (AvgIpc) is 3.09. The fraction of sp³-hybridized carbons (Fsp3) is 0.484. The fourth-order valence-electron chi connectivity index (χ4n) is 5.81. The minimum absolute atomic E-state index is 0.113. The number of ether oxygens (including phenoxy) is 1. The summed E-state index contributed by atoms with van der Waals surface area (Å²) in [5.74, 6) is 1.65. The predicted molar refractivity (Wildman–Crippen MR) is 147 cm³/mol. The summed E-state index contributed by atoms with van der Waals surface area (Å²) in [6.07, 6.45) is 12.1. The van der Waals surface area contributed by atoms with Gasteiger partial charge in [0.05, 0.1) is 7.11 Å². The number of amides is 1. The lowest BCUT2D eigenvalue weighted by Gasteiger charge is -2.26. The molecule has 190 valence electrons. The number of rotatable bonds is 7. The third kappa shape index (κ3) is 5.51. The Morgan fingerprint density at radius 3 is 2.31 bits per heavy atom. The van der Waals surface area contributed by atoms with Gasteiger partial charge in [-0.25, -0.2) is 0 Å². The van der Waals surface area contributed by atoms with Crippen molar-refractivity contribution in [2.75, 3.05) is 20.2 Å². The number of nitrogens with zero attached hydrogens (tertiary/aromatic N) is 1. The molecule has 1 aliphatic carbocycles. The Morgan fingerprint density at radius 2 is 1.61 bits per heavy atom. The van der Waals surface area contributed by atoms with Crippen LogP contribution in [0.25, 0.3) is 10.1 Å². The van der Waals surface area contributed by atoms with E-state index in [9.17, 15) is 9.59 Å². The van der Waals surface area contributed by atoms with Crippen molar-refractivity contribution in [3.8, 4) is 5.75 Å². The normalized spacial score (nSPS) is 17.2. The molecule has 2 aromatic carbocycles. The number of benzene rings is 2. The lowest BCUT2D eigenvalue weighted by atomic mass is 9.91. The first-order valence-electron chi connectivity index (χ1n) is 13.7. The number of methoxy groups -OCH3 is 1. The van der Waals surface area contributed by atoms with Gasteiger partial charge in [0.2, 0.25) is 5.91 Å². The molecule has 1 saturated carbocycles. The summed E-state index contributed by atoms with van der Waals surface area (Å²) in [5.41, 5.74) is 2.73. The van der Waals surface area contributed by atoms with Crippen molar-refractivity contribution in [2.45, 2.75) is 76.5 Å². The Labute approximate surface area is 218 Å². The van der Waals surface area contributed by atoms with Crippen LogP contribution in [0, 0.1) is 0 Å². The van der Waals surface area contributed by atoms with Gasteiger partial charge in [-0.1, -0.05) is 49.9 Å². The molecule has 1 amide bonds. The van der Waals surface area contributed by atoms with Gasteiger partial charge in [-0.15, -0.1) is 11.3 Å². The summed E-state index contributed by atoms with van der Waals surface area (Å²) in [7, 11) is 1.69. The first-order valence-corrected chi connectivity index (χ1v) is 14.5. The fourth-order valence-corrected chi connectivity index (χ4v) is 7.21. The molecule has 2 aliphatic rings. The number of ketones is 1. The summed E-state index contributed by atoms with van der Waals surface area (Å²) in [4.78, 5) is 29.7. The average molecular weight is 504 g/mol. The molecular formula is C31H37NO3S. The first kappa shape index (κ1) is 25.0. The van der Waals surface area contributed by atoms with Crippen LogP contribution in [0.4, 0.5) is 0 Å². The maximum Gasteiger partial charge on any atom is 0.222 e. The smallest absolute Gasteiger partial charge is 0.222 e.